The first-order valence-electron chi connectivity index (χ1n) is 9.29. The molecule has 1 aromatic heterocycles. The summed E-state index contributed by atoms with van der Waals surface area (Å²) in [5.41, 5.74) is 1.37. The predicted molar refractivity (Wildman–Crippen MR) is 117 cm³/mol. The summed E-state index contributed by atoms with van der Waals surface area (Å²) >= 11 is 2.66. The maximum Gasteiger partial charge on any atom is 0.269 e. The zero-order valence-corrected chi connectivity index (χ0v) is 17.9. The second-order valence-electron chi connectivity index (χ2n) is 6.27. The molecule has 0 aliphatic carbocycles. The zero-order chi connectivity index (χ0) is 21.3. The highest BCUT2D eigenvalue weighted by molar-refractivity contribution is 8.00. The molecule has 0 fully saturated rings. The fraction of sp³-hybridized carbons (Fsp3) is 0.250. The van der Waals surface area contributed by atoms with Gasteiger partial charge in [-0.05, 0) is 36.2 Å². The Hall–Kier alpha value is -2.98. The Labute approximate surface area is 181 Å². The molecule has 0 saturated carbocycles. The highest BCUT2D eigenvalue weighted by Gasteiger charge is 2.12. The number of nitro benzene ring substituents is 1. The molecule has 0 spiro atoms. The molecule has 1 amide bonds. The van der Waals surface area contributed by atoms with E-state index in [-0.39, 0.29) is 11.6 Å². The van der Waals surface area contributed by atoms with E-state index in [0.29, 0.717) is 27.4 Å². The van der Waals surface area contributed by atoms with Crippen LogP contribution in [0.25, 0.3) is 0 Å². The van der Waals surface area contributed by atoms with Crippen LogP contribution in [0.2, 0.25) is 0 Å². The van der Waals surface area contributed by atoms with Crippen molar-refractivity contribution in [2.24, 2.45) is 0 Å². The van der Waals surface area contributed by atoms with Gasteiger partial charge in [-0.3, -0.25) is 20.2 Å². The number of anilines is 1. The number of ether oxygens (including phenoxy) is 1. The number of rotatable bonds is 10. The molecule has 0 aliphatic heterocycles. The van der Waals surface area contributed by atoms with Crippen LogP contribution >= 0.6 is 23.1 Å². The lowest BCUT2D eigenvalue weighted by atomic mass is 10.2. The predicted octanol–water partition coefficient (Wildman–Crippen LogP) is 5.17. The van der Waals surface area contributed by atoms with E-state index in [1.54, 1.807) is 30.3 Å². The maximum absolute atomic E-state index is 12.4. The van der Waals surface area contributed by atoms with Crippen LogP contribution in [0.3, 0.4) is 0 Å². The van der Waals surface area contributed by atoms with Gasteiger partial charge in [-0.15, -0.1) is 10.2 Å². The van der Waals surface area contributed by atoms with Crippen LogP contribution in [0, 0.1) is 10.1 Å². The Kier molecular flexibility index (Phi) is 7.75. The Morgan fingerprint density at radius 3 is 2.77 bits per heavy atom. The van der Waals surface area contributed by atoms with E-state index in [4.69, 9.17) is 4.74 Å². The molecule has 0 atom stereocenters. The van der Waals surface area contributed by atoms with Gasteiger partial charge >= 0.3 is 0 Å². The van der Waals surface area contributed by atoms with Crippen LogP contribution in [0.15, 0.2) is 52.9 Å². The summed E-state index contributed by atoms with van der Waals surface area (Å²) in [4.78, 5) is 22.8. The number of benzene rings is 2. The number of nitrogens with zero attached hydrogens (tertiary/aromatic N) is 3. The molecule has 0 aliphatic rings. The summed E-state index contributed by atoms with van der Waals surface area (Å²) < 4.78 is 6.26. The van der Waals surface area contributed by atoms with Gasteiger partial charge in [0.1, 0.15) is 5.75 Å². The van der Waals surface area contributed by atoms with Gasteiger partial charge in [-0.1, -0.05) is 48.6 Å². The number of unbranched alkanes of at least 4 members (excludes halogenated alkanes) is 1. The molecule has 0 unspecified atom stereocenters. The molecule has 30 heavy (non-hydrogen) atoms. The van der Waals surface area contributed by atoms with Crippen molar-refractivity contribution in [1.82, 2.24) is 10.2 Å². The van der Waals surface area contributed by atoms with Crippen molar-refractivity contribution >= 4 is 39.8 Å². The first-order valence-corrected chi connectivity index (χ1v) is 11.1. The minimum atomic E-state index is -0.420. The molecule has 3 aromatic rings. The third-order valence-electron chi connectivity index (χ3n) is 3.99. The van der Waals surface area contributed by atoms with Crippen molar-refractivity contribution in [3.63, 3.8) is 0 Å². The third-order valence-corrected chi connectivity index (χ3v) is 6.04. The summed E-state index contributed by atoms with van der Waals surface area (Å²) in [6.07, 6.45) is 2.05. The average Bonchev–Trinajstić information content (AvgIpc) is 3.20. The standard InChI is InChI=1S/C20H20N4O4S2/c1-2-3-11-28-17-9-7-15(8-10-17)18(25)21-19-22-23-20(30-19)29-13-14-5-4-6-16(12-14)24(26)27/h4-10,12H,2-3,11,13H2,1H3,(H,21,22,25). The summed E-state index contributed by atoms with van der Waals surface area (Å²) in [6, 6.07) is 13.4. The van der Waals surface area contributed by atoms with Crippen LogP contribution in [-0.2, 0) is 5.75 Å². The van der Waals surface area contributed by atoms with Crippen LogP contribution < -0.4 is 10.1 Å². The summed E-state index contributed by atoms with van der Waals surface area (Å²) in [5, 5.41) is 22.0. The van der Waals surface area contributed by atoms with Gasteiger partial charge in [-0.25, -0.2) is 0 Å². The zero-order valence-electron chi connectivity index (χ0n) is 16.2. The van der Waals surface area contributed by atoms with Crippen LogP contribution in [0.4, 0.5) is 10.8 Å². The second-order valence-corrected chi connectivity index (χ2v) is 8.47. The molecule has 0 bridgehead atoms. The van der Waals surface area contributed by atoms with Gasteiger partial charge in [0, 0.05) is 23.4 Å². The molecule has 156 valence electrons. The molecular weight excluding hydrogens is 424 g/mol. The Balaban J connectivity index is 1.53. The molecule has 2 aromatic carbocycles. The molecule has 0 saturated heterocycles. The molecular formula is C20H20N4O4S2. The van der Waals surface area contributed by atoms with E-state index in [0.717, 1.165) is 24.2 Å². The van der Waals surface area contributed by atoms with Crippen molar-refractivity contribution in [3.8, 4) is 5.75 Å². The molecule has 1 N–H and O–H groups in total. The maximum atomic E-state index is 12.4. The number of nitro groups is 1. The summed E-state index contributed by atoms with van der Waals surface area (Å²) in [5.74, 6) is 0.973. The topological polar surface area (TPSA) is 107 Å². The van der Waals surface area contributed by atoms with E-state index in [2.05, 4.69) is 22.4 Å². The second kappa shape index (κ2) is 10.7. The molecule has 0 radical (unpaired) electrons. The fourth-order valence-corrected chi connectivity index (χ4v) is 4.12. The monoisotopic (exact) mass is 444 g/mol. The average molecular weight is 445 g/mol. The van der Waals surface area contributed by atoms with Crippen molar-refractivity contribution in [2.45, 2.75) is 29.9 Å². The number of carbonyl (C=O) groups is 1. The highest BCUT2D eigenvalue weighted by Crippen LogP contribution is 2.29. The molecule has 1 heterocycles. The van der Waals surface area contributed by atoms with Crippen molar-refractivity contribution in [3.05, 3.63) is 69.8 Å². The van der Waals surface area contributed by atoms with E-state index >= 15 is 0 Å². The lowest BCUT2D eigenvalue weighted by molar-refractivity contribution is -0.384. The number of hydrogen-bond donors (Lipinski definition) is 1. The number of thioether (sulfide) groups is 1. The van der Waals surface area contributed by atoms with Gasteiger partial charge in [0.05, 0.1) is 11.5 Å². The number of non-ortho nitro benzene ring substituents is 1. The van der Waals surface area contributed by atoms with Gasteiger partial charge in [0.25, 0.3) is 11.6 Å². The fourth-order valence-electron chi connectivity index (χ4n) is 2.43. The Bertz CT molecular complexity index is 1010. The Morgan fingerprint density at radius 1 is 1.23 bits per heavy atom. The largest absolute Gasteiger partial charge is 0.494 e. The molecule has 3 rings (SSSR count). The highest BCUT2D eigenvalue weighted by atomic mass is 32.2. The summed E-state index contributed by atoms with van der Waals surface area (Å²) in [7, 11) is 0. The lowest BCUT2D eigenvalue weighted by Crippen LogP contribution is -2.11. The number of carbonyl (C=O) groups excluding carboxylic acids is 1. The van der Waals surface area contributed by atoms with Crippen molar-refractivity contribution < 1.29 is 14.5 Å². The van der Waals surface area contributed by atoms with Crippen LogP contribution in [0.1, 0.15) is 35.7 Å². The molecule has 8 nitrogen and oxygen atoms in total. The van der Waals surface area contributed by atoms with Crippen molar-refractivity contribution in [1.29, 1.82) is 0 Å². The normalized spacial score (nSPS) is 10.6. The number of hydrogen-bond acceptors (Lipinski definition) is 8. The minimum absolute atomic E-state index is 0.0556. The number of amides is 1. The van der Waals surface area contributed by atoms with E-state index in [1.807, 2.05) is 6.07 Å². The van der Waals surface area contributed by atoms with E-state index < -0.39 is 4.92 Å². The van der Waals surface area contributed by atoms with Crippen molar-refractivity contribution in [2.75, 3.05) is 11.9 Å². The SMILES string of the molecule is CCCCOc1ccc(C(=O)Nc2nnc(SCc3cccc([N+](=O)[O-])c3)s2)cc1. The smallest absolute Gasteiger partial charge is 0.269 e. The quantitative estimate of drug-likeness (QED) is 0.151. The van der Waals surface area contributed by atoms with Crippen LogP contribution in [-0.4, -0.2) is 27.6 Å². The first-order chi connectivity index (χ1) is 14.5. The van der Waals surface area contributed by atoms with Crippen LogP contribution in [0.5, 0.6) is 5.75 Å². The molecule has 10 heteroatoms. The minimum Gasteiger partial charge on any atom is -0.494 e. The Morgan fingerprint density at radius 2 is 2.03 bits per heavy atom. The number of aromatic nitrogens is 2. The lowest BCUT2D eigenvalue weighted by Gasteiger charge is -2.06. The van der Waals surface area contributed by atoms with Gasteiger partial charge in [0.15, 0.2) is 4.34 Å². The summed E-state index contributed by atoms with van der Waals surface area (Å²) in [6.45, 7) is 2.76. The van der Waals surface area contributed by atoms with Gasteiger partial charge in [0.2, 0.25) is 5.13 Å². The van der Waals surface area contributed by atoms with E-state index in [9.17, 15) is 14.9 Å². The first kappa shape index (κ1) is 21.7. The van der Waals surface area contributed by atoms with Gasteiger partial charge < -0.3 is 4.74 Å². The van der Waals surface area contributed by atoms with E-state index in [1.165, 1.54) is 35.2 Å². The van der Waals surface area contributed by atoms with Gasteiger partial charge in [-0.2, -0.15) is 0 Å². The number of nitrogens with one attached hydrogen (secondary N) is 1. The third kappa shape index (κ3) is 6.26.